The third kappa shape index (κ3) is 2.27. The van der Waals surface area contributed by atoms with E-state index in [1.807, 2.05) is 35.2 Å². The number of rotatable bonds is 1. The SMILES string of the molecule is O=C(c1ccc2cccc(Cl)c2n1)N1[C@H]2CCNC[C@@H]1CC2. The maximum absolute atomic E-state index is 13.0. The Bertz CT molecular complexity index is 719. The van der Waals surface area contributed by atoms with Gasteiger partial charge in [-0.05, 0) is 37.9 Å². The third-order valence-electron chi connectivity index (χ3n) is 4.78. The standard InChI is InChI=1S/C17H18ClN3O/c18-14-3-1-2-11-4-7-15(20-16(11)14)17(22)21-12-5-6-13(21)10-19-9-8-12/h1-4,7,12-13,19H,5-6,8-10H2/t12-,13+/m1/s1. The summed E-state index contributed by atoms with van der Waals surface area (Å²) >= 11 is 6.22. The Kier molecular flexibility index (Phi) is 3.51. The van der Waals surface area contributed by atoms with E-state index in [0.717, 1.165) is 37.7 Å². The second-order valence-electron chi connectivity index (χ2n) is 6.10. The van der Waals surface area contributed by atoms with Crippen molar-refractivity contribution in [3.63, 3.8) is 0 Å². The quantitative estimate of drug-likeness (QED) is 0.880. The number of nitrogens with zero attached hydrogens (tertiary/aromatic N) is 2. The number of hydrogen-bond acceptors (Lipinski definition) is 3. The number of carbonyl (C=O) groups is 1. The minimum Gasteiger partial charge on any atom is -0.330 e. The molecule has 3 heterocycles. The highest BCUT2D eigenvalue weighted by atomic mass is 35.5. The second-order valence-corrected chi connectivity index (χ2v) is 6.51. The van der Waals surface area contributed by atoms with Crippen LogP contribution in [0.2, 0.25) is 5.02 Å². The van der Waals surface area contributed by atoms with Crippen molar-refractivity contribution < 1.29 is 4.79 Å². The number of halogens is 1. The molecule has 2 aliphatic rings. The van der Waals surface area contributed by atoms with Crippen LogP contribution in [0.25, 0.3) is 10.9 Å². The molecule has 2 bridgehead atoms. The number of carbonyl (C=O) groups excluding carboxylic acids is 1. The topological polar surface area (TPSA) is 45.2 Å². The summed E-state index contributed by atoms with van der Waals surface area (Å²) in [4.78, 5) is 19.5. The van der Waals surface area contributed by atoms with Crippen LogP contribution in [0.1, 0.15) is 29.8 Å². The number of fused-ring (bicyclic) bond motifs is 3. The van der Waals surface area contributed by atoms with Crippen LogP contribution in [0.15, 0.2) is 30.3 Å². The molecule has 2 aliphatic heterocycles. The summed E-state index contributed by atoms with van der Waals surface area (Å²) in [5, 5.41) is 4.97. The van der Waals surface area contributed by atoms with Gasteiger partial charge >= 0.3 is 0 Å². The van der Waals surface area contributed by atoms with Gasteiger partial charge in [-0.15, -0.1) is 0 Å². The van der Waals surface area contributed by atoms with Crippen molar-refractivity contribution in [3.8, 4) is 0 Å². The van der Waals surface area contributed by atoms with Crippen LogP contribution in [0, 0.1) is 0 Å². The van der Waals surface area contributed by atoms with Crippen LogP contribution in [-0.4, -0.2) is 41.0 Å². The van der Waals surface area contributed by atoms with Gasteiger partial charge in [0.05, 0.1) is 10.5 Å². The molecule has 4 nitrogen and oxygen atoms in total. The van der Waals surface area contributed by atoms with Gasteiger partial charge in [0.25, 0.3) is 5.91 Å². The molecular weight excluding hydrogens is 298 g/mol. The Morgan fingerprint density at radius 3 is 2.95 bits per heavy atom. The van der Waals surface area contributed by atoms with Gasteiger partial charge in [-0.25, -0.2) is 4.98 Å². The molecule has 114 valence electrons. The summed E-state index contributed by atoms with van der Waals surface area (Å²) in [6.07, 6.45) is 3.21. The van der Waals surface area contributed by atoms with Gasteiger partial charge in [0, 0.05) is 24.0 Å². The van der Waals surface area contributed by atoms with E-state index in [1.165, 1.54) is 0 Å². The van der Waals surface area contributed by atoms with E-state index < -0.39 is 0 Å². The summed E-state index contributed by atoms with van der Waals surface area (Å²) in [5.74, 6) is 0.0398. The second kappa shape index (κ2) is 5.52. The van der Waals surface area contributed by atoms with Gasteiger partial charge in [-0.1, -0.05) is 29.8 Å². The van der Waals surface area contributed by atoms with E-state index in [1.54, 1.807) is 0 Å². The van der Waals surface area contributed by atoms with Gasteiger partial charge in [0.2, 0.25) is 0 Å². The molecule has 2 saturated heterocycles. The lowest BCUT2D eigenvalue weighted by Gasteiger charge is -2.27. The van der Waals surface area contributed by atoms with Crippen LogP contribution in [0.5, 0.6) is 0 Å². The Balaban J connectivity index is 1.72. The first kappa shape index (κ1) is 14.0. The fourth-order valence-corrected chi connectivity index (χ4v) is 3.90. The maximum Gasteiger partial charge on any atom is 0.273 e. The van der Waals surface area contributed by atoms with Crippen LogP contribution in [0.4, 0.5) is 0 Å². The van der Waals surface area contributed by atoms with Crippen molar-refractivity contribution in [3.05, 3.63) is 41.0 Å². The minimum atomic E-state index is 0.0398. The summed E-state index contributed by atoms with van der Waals surface area (Å²) in [6, 6.07) is 10.1. The Morgan fingerprint density at radius 1 is 1.18 bits per heavy atom. The third-order valence-corrected chi connectivity index (χ3v) is 5.08. The highest BCUT2D eigenvalue weighted by Crippen LogP contribution is 2.30. The van der Waals surface area contributed by atoms with Crippen molar-refractivity contribution in [2.24, 2.45) is 0 Å². The number of para-hydroxylation sites is 1. The first-order valence-electron chi connectivity index (χ1n) is 7.83. The number of benzene rings is 1. The van der Waals surface area contributed by atoms with Crippen molar-refractivity contribution >= 4 is 28.4 Å². The molecule has 0 spiro atoms. The number of nitrogens with one attached hydrogen (secondary N) is 1. The number of aromatic nitrogens is 1. The molecule has 2 fully saturated rings. The molecule has 22 heavy (non-hydrogen) atoms. The molecule has 2 aromatic rings. The lowest BCUT2D eigenvalue weighted by molar-refractivity contribution is 0.0674. The van der Waals surface area contributed by atoms with Crippen molar-refractivity contribution in [1.29, 1.82) is 0 Å². The lowest BCUT2D eigenvalue weighted by atomic mass is 10.1. The molecule has 0 unspecified atom stereocenters. The first-order chi connectivity index (χ1) is 10.7. The smallest absolute Gasteiger partial charge is 0.273 e. The zero-order chi connectivity index (χ0) is 15.1. The van der Waals surface area contributed by atoms with Gasteiger partial charge < -0.3 is 10.2 Å². The zero-order valence-corrected chi connectivity index (χ0v) is 13.0. The minimum absolute atomic E-state index is 0.0398. The Hall–Kier alpha value is -1.65. The largest absolute Gasteiger partial charge is 0.330 e. The summed E-state index contributed by atoms with van der Waals surface area (Å²) in [6.45, 7) is 1.87. The predicted molar refractivity (Wildman–Crippen MR) is 87.2 cm³/mol. The number of amides is 1. The van der Waals surface area contributed by atoms with E-state index in [9.17, 15) is 4.79 Å². The molecule has 0 saturated carbocycles. The van der Waals surface area contributed by atoms with Crippen LogP contribution < -0.4 is 5.32 Å². The normalized spacial score (nSPS) is 24.5. The number of hydrogen-bond donors (Lipinski definition) is 1. The lowest BCUT2D eigenvalue weighted by Crippen LogP contribution is -2.42. The average Bonchev–Trinajstić information content (AvgIpc) is 2.80. The zero-order valence-electron chi connectivity index (χ0n) is 12.3. The molecule has 1 aromatic heterocycles. The van der Waals surface area contributed by atoms with E-state index in [0.29, 0.717) is 28.3 Å². The Labute approximate surface area is 134 Å². The summed E-state index contributed by atoms with van der Waals surface area (Å²) in [5.41, 5.74) is 1.20. The molecule has 1 aromatic carbocycles. The van der Waals surface area contributed by atoms with Gasteiger partial charge in [0.15, 0.2) is 0 Å². The fraction of sp³-hybridized carbons (Fsp3) is 0.412. The summed E-state index contributed by atoms with van der Waals surface area (Å²) in [7, 11) is 0. The van der Waals surface area contributed by atoms with Crippen LogP contribution in [-0.2, 0) is 0 Å². The monoisotopic (exact) mass is 315 g/mol. The molecule has 0 radical (unpaired) electrons. The first-order valence-corrected chi connectivity index (χ1v) is 8.20. The highest BCUT2D eigenvalue weighted by Gasteiger charge is 2.38. The summed E-state index contributed by atoms with van der Waals surface area (Å²) < 4.78 is 0. The number of pyridine rings is 1. The molecule has 2 atom stereocenters. The molecule has 4 rings (SSSR count). The molecule has 5 heteroatoms. The van der Waals surface area contributed by atoms with Crippen molar-refractivity contribution in [1.82, 2.24) is 15.2 Å². The van der Waals surface area contributed by atoms with E-state index in [2.05, 4.69) is 10.3 Å². The van der Waals surface area contributed by atoms with Crippen molar-refractivity contribution in [2.75, 3.05) is 13.1 Å². The van der Waals surface area contributed by atoms with E-state index in [-0.39, 0.29) is 5.91 Å². The van der Waals surface area contributed by atoms with Crippen molar-refractivity contribution in [2.45, 2.75) is 31.3 Å². The van der Waals surface area contributed by atoms with Crippen LogP contribution >= 0.6 is 11.6 Å². The highest BCUT2D eigenvalue weighted by molar-refractivity contribution is 6.35. The van der Waals surface area contributed by atoms with Crippen LogP contribution in [0.3, 0.4) is 0 Å². The molecular formula is C17H18ClN3O. The van der Waals surface area contributed by atoms with E-state index >= 15 is 0 Å². The maximum atomic E-state index is 13.0. The Morgan fingerprint density at radius 2 is 2.05 bits per heavy atom. The molecule has 1 amide bonds. The van der Waals surface area contributed by atoms with E-state index in [4.69, 9.17) is 11.6 Å². The molecule has 1 N–H and O–H groups in total. The van der Waals surface area contributed by atoms with Gasteiger partial charge in [-0.3, -0.25) is 4.79 Å². The predicted octanol–water partition coefficient (Wildman–Crippen LogP) is 2.85. The van der Waals surface area contributed by atoms with Gasteiger partial charge in [0.1, 0.15) is 5.69 Å². The average molecular weight is 316 g/mol. The molecule has 0 aliphatic carbocycles. The van der Waals surface area contributed by atoms with Gasteiger partial charge in [-0.2, -0.15) is 0 Å². The fourth-order valence-electron chi connectivity index (χ4n) is 3.68.